The number of hydrogen-bond donors (Lipinski definition) is 2. The van der Waals surface area contributed by atoms with Gasteiger partial charge in [0.15, 0.2) is 0 Å². The Bertz CT molecular complexity index is 1440. The van der Waals surface area contributed by atoms with E-state index in [4.69, 9.17) is 6.42 Å². The SMILES string of the molecule is C#CCN1CC(=O)N2[C@@H](Cc3ccc(O)cc3)C(=O)N(Cc3ccc(C)cc3)C[C@@H]2N1C(=O)NCc1ccccc1. The van der Waals surface area contributed by atoms with Gasteiger partial charge in [0.25, 0.3) is 0 Å². The van der Waals surface area contributed by atoms with Gasteiger partial charge in [-0.3, -0.25) is 9.59 Å². The summed E-state index contributed by atoms with van der Waals surface area (Å²) in [6.45, 7) is 2.69. The molecule has 2 aliphatic heterocycles. The maximum Gasteiger partial charge on any atom is 0.334 e. The number of nitrogens with zero attached hydrogens (tertiary/aromatic N) is 4. The molecule has 3 aromatic carbocycles. The molecule has 0 aliphatic carbocycles. The number of piperazine rings is 1. The summed E-state index contributed by atoms with van der Waals surface area (Å²) in [7, 11) is 0. The Morgan fingerprint density at radius 3 is 2.34 bits per heavy atom. The van der Waals surface area contributed by atoms with Crippen molar-refractivity contribution in [1.82, 2.24) is 25.1 Å². The highest BCUT2D eigenvalue weighted by atomic mass is 16.3. The first-order valence-corrected chi connectivity index (χ1v) is 13.6. The number of aryl methyl sites for hydroxylation is 1. The van der Waals surface area contributed by atoms with E-state index in [-0.39, 0.29) is 43.6 Å². The lowest BCUT2D eigenvalue weighted by Gasteiger charge is -2.55. The van der Waals surface area contributed by atoms with Crippen molar-refractivity contribution in [3.8, 4) is 18.1 Å². The summed E-state index contributed by atoms with van der Waals surface area (Å²) in [5.74, 6) is 2.21. The van der Waals surface area contributed by atoms with Crippen molar-refractivity contribution in [1.29, 1.82) is 0 Å². The van der Waals surface area contributed by atoms with E-state index in [9.17, 15) is 19.5 Å². The number of amides is 4. The van der Waals surface area contributed by atoms with Crippen molar-refractivity contribution in [2.75, 3.05) is 19.6 Å². The monoisotopic (exact) mass is 551 g/mol. The average Bonchev–Trinajstić information content (AvgIpc) is 2.97. The van der Waals surface area contributed by atoms with Crippen LogP contribution in [0, 0.1) is 19.3 Å². The number of aromatic hydroxyl groups is 1. The molecule has 3 aromatic rings. The number of rotatable bonds is 7. The fourth-order valence-corrected chi connectivity index (χ4v) is 5.40. The molecule has 2 fully saturated rings. The summed E-state index contributed by atoms with van der Waals surface area (Å²) in [5, 5.41) is 15.8. The number of phenolic OH excluding ortho intramolecular Hbond substituents is 1. The lowest BCUT2D eigenvalue weighted by atomic mass is 9.98. The van der Waals surface area contributed by atoms with Crippen LogP contribution in [0.15, 0.2) is 78.9 Å². The minimum atomic E-state index is -0.839. The summed E-state index contributed by atoms with van der Waals surface area (Å²) in [6, 6.07) is 22.8. The van der Waals surface area contributed by atoms with E-state index in [2.05, 4.69) is 11.2 Å². The first-order chi connectivity index (χ1) is 19.8. The van der Waals surface area contributed by atoms with Crippen LogP contribution < -0.4 is 5.32 Å². The van der Waals surface area contributed by atoms with Gasteiger partial charge in [0, 0.05) is 19.5 Å². The van der Waals surface area contributed by atoms with Crippen LogP contribution in [-0.2, 0) is 29.1 Å². The van der Waals surface area contributed by atoms with Crippen LogP contribution in [0.5, 0.6) is 5.75 Å². The predicted octanol–water partition coefficient (Wildman–Crippen LogP) is 2.88. The molecule has 0 saturated carbocycles. The third kappa shape index (κ3) is 6.18. The summed E-state index contributed by atoms with van der Waals surface area (Å²) in [4.78, 5) is 44.6. The maximum absolute atomic E-state index is 14.0. The van der Waals surface area contributed by atoms with Crippen LogP contribution in [-0.4, -0.2) is 74.6 Å². The Balaban J connectivity index is 1.49. The molecule has 2 saturated heterocycles. The van der Waals surface area contributed by atoms with E-state index in [0.717, 1.165) is 22.3 Å². The minimum absolute atomic E-state index is 0.0589. The van der Waals surface area contributed by atoms with Gasteiger partial charge in [-0.25, -0.2) is 9.80 Å². The second-order valence-corrected chi connectivity index (χ2v) is 10.4. The number of urea groups is 1. The molecule has 2 heterocycles. The van der Waals surface area contributed by atoms with Crippen LogP contribution in [0.1, 0.15) is 22.3 Å². The van der Waals surface area contributed by atoms with Gasteiger partial charge >= 0.3 is 6.03 Å². The molecule has 0 radical (unpaired) electrons. The average molecular weight is 552 g/mol. The number of hydrogen-bond acceptors (Lipinski definition) is 5. The topological polar surface area (TPSA) is 96.4 Å². The van der Waals surface area contributed by atoms with Crippen LogP contribution in [0.3, 0.4) is 0 Å². The van der Waals surface area contributed by atoms with Crippen molar-refractivity contribution in [3.05, 3.63) is 101 Å². The third-order valence-corrected chi connectivity index (χ3v) is 7.46. The number of carbonyl (C=O) groups excluding carboxylic acids is 3. The third-order valence-electron chi connectivity index (χ3n) is 7.46. The standard InChI is InChI=1S/C32H33N5O4/c1-3-17-35-22-30(39)36-28(18-24-13-15-27(38)16-14-24)31(40)34(20-26-11-9-23(2)10-12-26)21-29(36)37(35)32(41)33-19-25-7-5-4-6-8-25/h1,4-16,28-29,38H,17-22H2,2H3,(H,33,41)/t28-,29-/m0/s1. The van der Waals surface area contributed by atoms with E-state index in [1.54, 1.807) is 34.2 Å². The minimum Gasteiger partial charge on any atom is -0.508 e. The van der Waals surface area contributed by atoms with E-state index in [0.29, 0.717) is 13.1 Å². The van der Waals surface area contributed by atoms with Gasteiger partial charge in [-0.2, -0.15) is 5.01 Å². The molecular formula is C32H33N5O4. The summed E-state index contributed by atoms with van der Waals surface area (Å²) < 4.78 is 0. The predicted molar refractivity (Wildman–Crippen MR) is 154 cm³/mol. The quantitative estimate of drug-likeness (QED) is 0.441. The Labute approximate surface area is 239 Å². The van der Waals surface area contributed by atoms with E-state index in [1.807, 2.05) is 61.5 Å². The number of phenols is 1. The fraction of sp³-hybridized carbons (Fsp3) is 0.281. The molecule has 0 unspecified atom stereocenters. The first-order valence-electron chi connectivity index (χ1n) is 13.6. The number of terminal acetylenes is 1. The molecule has 2 atom stereocenters. The van der Waals surface area contributed by atoms with E-state index >= 15 is 0 Å². The van der Waals surface area contributed by atoms with Crippen LogP contribution in [0.4, 0.5) is 4.79 Å². The second kappa shape index (κ2) is 12.1. The van der Waals surface area contributed by atoms with Crippen LogP contribution in [0.2, 0.25) is 0 Å². The number of carbonyl (C=O) groups is 3. The van der Waals surface area contributed by atoms with Gasteiger partial charge in [-0.1, -0.05) is 78.2 Å². The van der Waals surface area contributed by atoms with Crippen molar-refractivity contribution in [3.63, 3.8) is 0 Å². The van der Waals surface area contributed by atoms with Crippen molar-refractivity contribution in [2.45, 2.75) is 38.6 Å². The van der Waals surface area contributed by atoms with E-state index < -0.39 is 18.2 Å². The molecule has 0 spiro atoms. The molecular weight excluding hydrogens is 518 g/mol. The molecule has 2 aliphatic rings. The highest BCUT2D eigenvalue weighted by molar-refractivity contribution is 5.91. The van der Waals surface area contributed by atoms with Gasteiger partial charge in [0.2, 0.25) is 11.8 Å². The molecule has 2 N–H and O–H groups in total. The molecule has 41 heavy (non-hydrogen) atoms. The van der Waals surface area contributed by atoms with Crippen molar-refractivity contribution in [2.24, 2.45) is 0 Å². The van der Waals surface area contributed by atoms with Gasteiger partial charge in [-0.15, -0.1) is 6.42 Å². The van der Waals surface area contributed by atoms with Gasteiger partial charge in [0.05, 0.1) is 19.6 Å². The largest absolute Gasteiger partial charge is 0.508 e. The maximum atomic E-state index is 14.0. The zero-order valence-corrected chi connectivity index (χ0v) is 22.9. The fourth-order valence-electron chi connectivity index (χ4n) is 5.40. The highest BCUT2D eigenvalue weighted by Crippen LogP contribution is 2.29. The van der Waals surface area contributed by atoms with Gasteiger partial charge in [-0.05, 0) is 35.7 Å². The Kier molecular flexibility index (Phi) is 8.22. The van der Waals surface area contributed by atoms with Crippen LogP contribution in [0.25, 0.3) is 0 Å². The molecule has 9 heteroatoms. The second-order valence-electron chi connectivity index (χ2n) is 10.4. The summed E-state index contributed by atoms with van der Waals surface area (Å²) >= 11 is 0. The Hall–Kier alpha value is -4.81. The van der Waals surface area contributed by atoms with Crippen LogP contribution >= 0.6 is 0 Å². The van der Waals surface area contributed by atoms with Crippen molar-refractivity contribution >= 4 is 17.8 Å². The normalized spacial score (nSPS) is 19.1. The molecule has 0 aromatic heterocycles. The Morgan fingerprint density at radius 1 is 0.976 bits per heavy atom. The number of benzene rings is 3. The zero-order chi connectivity index (χ0) is 28.9. The molecule has 210 valence electrons. The summed E-state index contributed by atoms with van der Waals surface area (Å²) in [5.41, 5.74) is 3.78. The zero-order valence-electron chi connectivity index (χ0n) is 22.9. The lowest BCUT2D eigenvalue weighted by Crippen LogP contribution is -2.76. The molecule has 5 rings (SSSR count). The van der Waals surface area contributed by atoms with Gasteiger partial charge in [0.1, 0.15) is 18.0 Å². The Morgan fingerprint density at radius 2 is 1.66 bits per heavy atom. The van der Waals surface area contributed by atoms with Gasteiger partial charge < -0.3 is 20.2 Å². The van der Waals surface area contributed by atoms with E-state index in [1.165, 1.54) is 9.91 Å². The molecule has 4 amide bonds. The number of hydrazine groups is 1. The molecule has 9 nitrogen and oxygen atoms in total. The van der Waals surface area contributed by atoms with Crippen molar-refractivity contribution < 1.29 is 19.5 Å². The molecule has 0 bridgehead atoms. The lowest BCUT2D eigenvalue weighted by molar-refractivity contribution is -0.189. The first kappa shape index (κ1) is 27.7. The number of nitrogens with one attached hydrogen (secondary N) is 1. The smallest absolute Gasteiger partial charge is 0.334 e. The summed E-state index contributed by atoms with van der Waals surface area (Å²) in [6.07, 6.45) is 5.12. The highest BCUT2D eigenvalue weighted by Gasteiger charge is 2.51. The number of fused-ring (bicyclic) bond motifs is 1.